The normalized spacial score (nSPS) is 17.7. The standard InChI is InChI=1S/C21H23ClN2O/c1-24-9-7-14(8-10-24)20-19-6-5-17(22)11-15(19)3-4-16-12-18(25-2)13-23-21(16)20/h5-6,11-13H,3-4,7-10H2,1-2H3. The summed E-state index contributed by atoms with van der Waals surface area (Å²) in [7, 11) is 3.89. The third-order valence-corrected chi connectivity index (χ3v) is 5.59. The van der Waals surface area contributed by atoms with Gasteiger partial charge in [-0.25, -0.2) is 0 Å². The summed E-state index contributed by atoms with van der Waals surface area (Å²) in [6.07, 6.45) is 5.98. The number of methoxy groups -OCH3 is 1. The number of hydrogen-bond donors (Lipinski definition) is 0. The number of benzene rings is 1. The fourth-order valence-electron chi connectivity index (χ4n) is 3.92. The number of hydrogen-bond acceptors (Lipinski definition) is 3. The lowest BCUT2D eigenvalue weighted by atomic mass is 9.88. The summed E-state index contributed by atoms with van der Waals surface area (Å²) < 4.78 is 5.41. The Morgan fingerprint density at radius 1 is 1.04 bits per heavy atom. The molecule has 1 aromatic heterocycles. The summed E-state index contributed by atoms with van der Waals surface area (Å²) in [4.78, 5) is 7.21. The second kappa shape index (κ2) is 6.81. The van der Waals surface area contributed by atoms with E-state index in [9.17, 15) is 0 Å². The van der Waals surface area contributed by atoms with Crippen molar-refractivity contribution in [1.29, 1.82) is 0 Å². The first kappa shape index (κ1) is 16.6. The van der Waals surface area contributed by atoms with Gasteiger partial charge in [-0.1, -0.05) is 23.2 Å². The number of nitrogens with zero attached hydrogens (tertiary/aromatic N) is 2. The molecule has 0 bridgehead atoms. The number of ether oxygens (including phenoxy) is 1. The van der Waals surface area contributed by atoms with Crippen LogP contribution in [0, 0.1) is 0 Å². The van der Waals surface area contributed by atoms with Crippen LogP contribution >= 0.6 is 11.6 Å². The zero-order valence-corrected chi connectivity index (χ0v) is 15.6. The Hall–Kier alpha value is -1.84. The van der Waals surface area contributed by atoms with E-state index in [1.54, 1.807) is 7.11 Å². The molecule has 1 aliphatic carbocycles. The Labute approximate surface area is 154 Å². The molecule has 0 radical (unpaired) electrons. The number of aromatic nitrogens is 1. The van der Waals surface area contributed by atoms with Crippen molar-refractivity contribution < 1.29 is 4.74 Å². The average Bonchev–Trinajstić information content (AvgIpc) is 2.78. The van der Waals surface area contributed by atoms with Crippen LogP contribution < -0.4 is 4.74 Å². The molecule has 2 heterocycles. The molecular weight excluding hydrogens is 332 g/mol. The van der Waals surface area contributed by atoms with Crippen LogP contribution in [0.3, 0.4) is 0 Å². The van der Waals surface area contributed by atoms with Crippen molar-refractivity contribution in [1.82, 2.24) is 9.88 Å². The lowest BCUT2D eigenvalue weighted by Crippen LogP contribution is -2.27. The third kappa shape index (κ3) is 3.19. The molecule has 4 heteroatoms. The van der Waals surface area contributed by atoms with E-state index in [-0.39, 0.29) is 0 Å². The van der Waals surface area contributed by atoms with Crippen molar-refractivity contribution in [3.8, 4) is 5.75 Å². The fraction of sp³-hybridized carbons (Fsp3) is 0.381. The van der Waals surface area contributed by atoms with Crippen LogP contribution in [0.25, 0.3) is 5.57 Å². The molecule has 1 saturated heterocycles. The zero-order valence-electron chi connectivity index (χ0n) is 14.8. The van der Waals surface area contributed by atoms with Crippen molar-refractivity contribution in [3.63, 3.8) is 0 Å². The minimum absolute atomic E-state index is 0.808. The molecule has 130 valence electrons. The molecule has 1 aliphatic heterocycles. The van der Waals surface area contributed by atoms with E-state index >= 15 is 0 Å². The summed E-state index contributed by atoms with van der Waals surface area (Å²) in [6, 6.07) is 8.45. The Balaban J connectivity index is 1.92. The van der Waals surface area contributed by atoms with Crippen LogP contribution in [-0.2, 0) is 12.8 Å². The van der Waals surface area contributed by atoms with Gasteiger partial charge in [0, 0.05) is 23.7 Å². The van der Waals surface area contributed by atoms with Gasteiger partial charge in [0.1, 0.15) is 5.75 Å². The maximum Gasteiger partial charge on any atom is 0.137 e. The molecule has 1 fully saturated rings. The highest BCUT2D eigenvalue weighted by Gasteiger charge is 2.24. The number of fused-ring (bicyclic) bond motifs is 2. The SMILES string of the molecule is COc1cnc2c(c1)CCc1cc(Cl)ccc1C2=C1CCN(C)CC1. The molecule has 0 N–H and O–H groups in total. The van der Waals surface area contributed by atoms with Crippen molar-refractivity contribution in [2.75, 3.05) is 27.2 Å². The number of aryl methyl sites for hydroxylation is 2. The van der Waals surface area contributed by atoms with E-state index in [1.807, 2.05) is 12.3 Å². The summed E-state index contributed by atoms with van der Waals surface area (Å²) >= 11 is 6.28. The second-order valence-corrected chi connectivity index (χ2v) is 7.40. The van der Waals surface area contributed by atoms with Gasteiger partial charge in [-0.3, -0.25) is 4.98 Å². The highest BCUT2D eigenvalue weighted by Crippen LogP contribution is 2.39. The van der Waals surface area contributed by atoms with E-state index in [0.717, 1.165) is 55.2 Å². The molecule has 4 rings (SSSR count). The van der Waals surface area contributed by atoms with Crippen LogP contribution in [0.15, 0.2) is 36.0 Å². The highest BCUT2D eigenvalue weighted by molar-refractivity contribution is 6.30. The smallest absolute Gasteiger partial charge is 0.137 e. The predicted octanol–water partition coefficient (Wildman–Crippen LogP) is 4.37. The Bertz CT molecular complexity index is 834. The van der Waals surface area contributed by atoms with Crippen LogP contribution in [0.4, 0.5) is 0 Å². The number of piperidine rings is 1. The number of rotatable bonds is 1. The van der Waals surface area contributed by atoms with Crippen molar-refractivity contribution in [3.05, 3.63) is 63.4 Å². The van der Waals surface area contributed by atoms with Gasteiger partial charge >= 0.3 is 0 Å². The highest BCUT2D eigenvalue weighted by atomic mass is 35.5. The largest absolute Gasteiger partial charge is 0.495 e. The van der Waals surface area contributed by atoms with E-state index in [0.29, 0.717) is 0 Å². The third-order valence-electron chi connectivity index (χ3n) is 5.36. The monoisotopic (exact) mass is 354 g/mol. The maximum atomic E-state index is 6.28. The lowest BCUT2D eigenvalue weighted by molar-refractivity contribution is 0.313. The van der Waals surface area contributed by atoms with E-state index in [1.165, 1.54) is 27.8 Å². The number of pyridine rings is 1. The first-order valence-electron chi connectivity index (χ1n) is 8.88. The Kier molecular flexibility index (Phi) is 4.53. The van der Waals surface area contributed by atoms with Gasteiger partial charge in [0.05, 0.1) is 19.0 Å². The summed E-state index contributed by atoms with van der Waals surface area (Å²) in [5.41, 5.74) is 7.87. The van der Waals surface area contributed by atoms with Crippen molar-refractivity contribution in [2.24, 2.45) is 0 Å². The molecule has 0 amide bonds. The Morgan fingerprint density at radius 3 is 2.56 bits per heavy atom. The maximum absolute atomic E-state index is 6.28. The van der Waals surface area contributed by atoms with Crippen LogP contribution in [0.5, 0.6) is 5.75 Å². The summed E-state index contributed by atoms with van der Waals surface area (Å²) in [6.45, 7) is 2.21. The predicted molar refractivity (Wildman–Crippen MR) is 102 cm³/mol. The average molecular weight is 355 g/mol. The molecule has 1 aromatic carbocycles. The van der Waals surface area contributed by atoms with Gasteiger partial charge in [0.2, 0.25) is 0 Å². The number of likely N-dealkylation sites (tertiary alicyclic amines) is 1. The lowest BCUT2D eigenvalue weighted by Gasteiger charge is -2.27. The summed E-state index contributed by atoms with van der Waals surface area (Å²) in [5.74, 6) is 0.829. The van der Waals surface area contributed by atoms with Crippen LogP contribution in [0.2, 0.25) is 5.02 Å². The zero-order chi connectivity index (χ0) is 17.4. The van der Waals surface area contributed by atoms with Crippen molar-refractivity contribution >= 4 is 17.2 Å². The number of halogens is 1. The Morgan fingerprint density at radius 2 is 1.80 bits per heavy atom. The van der Waals surface area contributed by atoms with Crippen LogP contribution in [0.1, 0.15) is 35.2 Å². The van der Waals surface area contributed by atoms with Gasteiger partial charge in [-0.15, -0.1) is 0 Å². The molecule has 25 heavy (non-hydrogen) atoms. The van der Waals surface area contributed by atoms with E-state index < -0.39 is 0 Å². The molecular formula is C21H23ClN2O. The molecule has 0 spiro atoms. The van der Waals surface area contributed by atoms with Gasteiger partial charge in [-0.05, 0) is 67.6 Å². The summed E-state index contributed by atoms with van der Waals surface area (Å²) in [5, 5.41) is 0.808. The van der Waals surface area contributed by atoms with Gasteiger partial charge in [0.25, 0.3) is 0 Å². The molecule has 2 aliphatic rings. The quantitative estimate of drug-likeness (QED) is 0.760. The van der Waals surface area contributed by atoms with Gasteiger partial charge in [0.15, 0.2) is 0 Å². The van der Waals surface area contributed by atoms with Gasteiger partial charge < -0.3 is 9.64 Å². The first-order chi connectivity index (χ1) is 12.2. The first-order valence-corrected chi connectivity index (χ1v) is 9.26. The van der Waals surface area contributed by atoms with E-state index in [4.69, 9.17) is 21.3 Å². The molecule has 0 unspecified atom stereocenters. The molecule has 0 atom stereocenters. The molecule has 2 aromatic rings. The van der Waals surface area contributed by atoms with Gasteiger partial charge in [-0.2, -0.15) is 0 Å². The molecule has 0 saturated carbocycles. The fourth-order valence-corrected chi connectivity index (χ4v) is 4.12. The minimum Gasteiger partial charge on any atom is -0.495 e. The van der Waals surface area contributed by atoms with E-state index in [2.05, 4.69) is 30.1 Å². The van der Waals surface area contributed by atoms with Crippen LogP contribution in [-0.4, -0.2) is 37.1 Å². The molecule has 3 nitrogen and oxygen atoms in total. The van der Waals surface area contributed by atoms with Crippen molar-refractivity contribution in [2.45, 2.75) is 25.7 Å². The second-order valence-electron chi connectivity index (χ2n) is 6.97. The topological polar surface area (TPSA) is 25.4 Å². The minimum atomic E-state index is 0.808.